The summed E-state index contributed by atoms with van der Waals surface area (Å²) in [4.78, 5) is 0. The van der Waals surface area contributed by atoms with E-state index in [9.17, 15) is 0 Å². The maximum absolute atomic E-state index is 6.01. The Labute approximate surface area is 94.5 Å². The van der Waals surface area contributed by atoms with Crippen LogP contribution in [0.5, 0.6) is 0 Å². The number of aromatic nitrogens is 1. The van der Waals surface area contributed by atoms with E-state index in [4.69, 9.17) is 5.73 Å². The molecule has 0 fully saturated rings. The Morgan fingerprint density at radius 2 is 2.20 bits per heavy atom. The Bertz CT molecular complexity index is 474. The first kappa shape index (κ1) is 10.4. The molecule has 2 N–H and O–H groups in total. The number of nitrogens with zero attached hydrogens (tertiary/aromatic N) is 1. The number of hydrogen-bond donors (Lipinski definition) is 1. The fourth-order valence-electron chi connectivity index (χ4n) is 2.04. The number of benzene rings is 1. The van der Waals surface area contributed by atoms with E-state index in [1.54, 1.807) is 0 Å². The van der Waals surface area contributed by atoms with Crippen LogP contribution in [0.1, 0.15) is 12.6 Å². The lowest BCUT2D eigenvalue weighted by Crippen LogP contribution is -2.00. The highest BCUT2D eigenvalue weighted by atomic mass is 32.2. The summed E-state index contributed by atoms with van der Waals surface area (Å²) in [5, 5.41) is 1.25. The molecule has 3 heteroatoms. The number of thioether (sulfide) groups is 1. The molecule has 0 spiro atoms. The minimum Gasteiger partial charge on any atom is -0.397 e. The van der Waals surface area contributed by atoms with E-state index in [0.29, 0.717) is 0 Å². The number of nitrogens with two attached hydrogens (primary N) is 1. The molecule has 80 valence electrons. The number of fused-ring (bicyclic) bond motifs is 1. The van der Waals surface area contributed by atoms with Crippen LogP contribution in [-0.2, 0) is 12.3 Å². The Balaban J connectivity index is 2.68. The normalized spacial score (nSPS) is 11.1. The van der Waals surface area contributed by atoms with Gasteiger partial charge in [-0.05, 0) is 25.3 Å². The van der Waals surface area contributed by atoms with Crippen molar-refractivity contribution in [2.75, 3.05) is 12.0 Å². The van der Waals surface area contributed by atoms with Gasteiger partial charge in [0.15, 0.2) is 0 Å². The average molecular weight is 220 g/mol. The quantitative estimate of drug-likeness (QED) is 0.806. The van der Waals surface area contributed by atoms with Crippen molar-refractivity contribution in [2.24, 2.45) is 0 Å². The number of rotatable bonds is 3. The number of aryl methyl sites for hydroxylation is 1. The Morgan fingerprint density at radius 1 is 1.40 bits per heavy atom. The molecule has 0 amide bonds. The minimum absolute atomic E-state index is 0.877. The molecule has 0 saturated carbocycles. The first-order valence-corrected chi connectivity index (χ1v) is 6.52. The highest BCUT2D eigenvalue weighted by Crippen LogP contribution is 2.26. The molecule has 0 bridgehead atoms. The van der Waals surface area contributed by atoms with Crippen LogP contribution in [0.2, 0.25) is 0 Å². The Hall–Kier alpha value is -1.09. The van der Waals surface area contributed by atoms with Crippen LogP contribution < -0.4 is 5.73 Å². The molecule has 0 radical (unpaired) electrons. The van der Waals surface area contributed by atoms with Gasteiger partial charge < -0.3 is 10.3 Å². The lowest BCUT2D eigenvalue weighted by atomic mass is 10.2. The predicted molar refractivity (Wildman–Crippen MR) is 69.2 cm³/mol. The zero-order valence-electron chi connectivity index (χ0n) is 9.16. The van der Waals surface area contributed by atoms with Crippen molar-refractivity contribution in [1.29, 1.82) is 0 Å². The Morgan fingerprint density at radius 3 is 2.87 bits per heavy atom. The van der Waals surface area contributed by atoms with Crippen LogP contribution >= 0.6 is 11.8 Å². The highest BCUT2D eigenvalue weighted by Gasteiger charge is 2.08. The van der Waals surface area contributed by atoms with E-state index >= 15 is 0 Å². The largest absolute Gasteiger partial charge is 0.397 e. The standard InChI is InChI=1S/C12H16N2S/c1-3-14-10(8-15-2)7-9-5-4-6-11(13)12(9)14/h4-7H,3,8,13H2,1-2H3. The van der Waals surface area contributed by atoms with Crippen LogP contribution in [-0.4, -0.2) is 10.8 Å². The van der Waals surface area contributed by atoms with Gasteiger partial charge in [0.25, 0.3) is 0 Å². The van der Waals surface area contributed by atoms with E-state index in [-0.39, 0.29) is 0 Å². The fourth-order valence-corrected chi connectivity index (χ4v) is 2.57. The molecule has 1 heterocycles. The van der Waals surface area contributed by atoms with Gasteiger partial charge in [-0.25, -0.2) is 0 Å². The molecule has 0 aliphatic carbocycles. The molecule has 0 aliphatic rings. The summed E-state index contributed by atoms with van der Waals surface area (Å²) in [6, 6.07) is 8.35. The van der Waals surface area contributed by atoms with Crippen molar-refractivity contribution in [2.45, 2.75) is 19.2 Å². The topological polar surface area (TPSA) is 30.9 Å². The van der Waals surface area contributed by atoms with Crippen LogP contribution in [0.4, 0.5) is 5.69 Å². The molecular weight excluding hydrogens is 204 g/mol. The van der Waals surface area contributed by atoms with Crippen molar-refractivity contribution in [3.05, 3.63) is 30.0 Å². The second-order valence-corrected chi connectivity index (χ2v) is 4.46. The van der Waals surface area contributed by atoms with Gasteiger partial charge in [-0.2, -0.15) is 11.8 Å². The van der Waals surface area contributed by atoms with E-state index in [1.807, 2.05) is 23.9 Å². The predicted octanol–water partition coefficient (Wildman–Crippen LogP) is 3.11. The molecular formula is C12H16N2S. The van der Waals surface area contributed by atoms with Crippen molar-refractivity contribution in [3.63, 3.8) is 0 Å². The number of nitrogen functional groups attached to an aromatic ring is 1. The van der Waals surface area contributed by atoms with Crippen molar-refractivity contribution in [1.82, 2.24) is 4.57 Å². The minimum atomic E-state index is 0.877. The molecule has 1 aromatic carbocycles. The van der Waals surface area contributed by atoms with Crippen LogP contribution in [0.25, 0.3) is 10.9 Å². The summed E-state index contributed by atoms with van der Waals surface area (Å²) in [5.74, 6) is 1.04. The number of hydrogen-bond acceptors (Lipinski definition) is 2. The third kappa shape index (κ3) is 1.72. The number of anilines is 1. The molecule has 2 aromatic rings. The monoisotopic (exact) mass is 220 g/mol. The van der Waals surface area contributed by atoms with Crippen LogP contribution in [0.15, 0.2) is 24.3 Å². The molecule has 2 nitrogen and oxygen atoms in total. The molecule has 1 aromatic heterocycles. The summed E-state index contributed by atoms with van der Waals surface area (Å²) >= 11 is 1.84. The highest BCUT2D eigenvalue weighted by molar-refractivity contribution is 7.97. The van der Waals surface area contributed by atoms with E-state index in [1.165, 1.54) is 16.6 Å². The third-order valence-electron chi connectivity index (χ3n) is 2.65. The zero-order valence-corrected chi connectivity index (χ0v) is 9.97. The van der Waals surface area contributed by atoms with E-state index in [0.717, 1.165) is 18.0 Å². The van der Waals surface area contributed by atoms with Crippen LogP contribution in [0, 0.1) is 0 Å². The average Bonchev–Trinajstić information content (AvgIpc) is 2.57. The van der Waals surface area contributed by atoms with Gasteiger partial charge in [-0.15, -0.1) is 0 Å². The smallest absolute Gasteiger partial charge is 0.0716 e. The molecule has 0 unspecified atom stereocenters. The molecule has 2 rings (SSSR count). The van der Waals surface area contributed by atoms with Gasteiger partial charge in [-0.3, -0.25) is 0 Å². The fraction of sp³-hybridized carbons (Fsp3) is 0.333. The van der Waals surface area contributed by atoms with Gasteiger partial charge in [-0.1, -0.05) is 12.1 Å². The van der Waals surface area contributed by atoms with Crippen molar-refractivity contribution in [3.8, 4) is 0 Å². The summed E-state index contributed by atoms with van der Waals surface area (Å²) in [7, 11) is 0. The SMILES string of the molecule is CCn1c(CSC)cc2cccc(N)c21. The van der Waals surface area contributed by atoms with Gasteiger partial charge >= 0.3 is 0 Å². The van der Waals surface area contributed by atoms with E-state index in [2.05, 4.69) is 29.9 Å². The van der Waals surface area contributed by atoms with Gasteiger partial charge in [0, 0.05) is 23.4 Å². The lowest BCUT2D eigenvalue weighted by Gasteiger charge is -2.07. The van der Waals surface area contributed by atoms with Crippen LogP contribution in [0.3, 0.4) is 0 Å². The first-order valence-electron chi connectivity index (χ1n) is 5.13. The van der Waals surface area contributed by atoms with Gasteiger partial charge in [0.2, 0.25) is 0 Å². The molecule has 15 heavy (non-hydrogen) atoms. The third-order valence-corrected chi connectivity index (χ3v) is 3.23. The van der Waals surface area contributed by atoms with Crippen molar-refractivity contribution >= 4 is 28.4 Å². The summed E-state index contributed by atoms with van der Waals surface area (Å²) in [6.07, 6.45) is 2.13. The van der Waals surface area contributed by atoms with Gasteiger partial charge in [0.05, 0.1) is 11.2 Å². The summed E-state index contributed by atoms with van der Waals surface area (Å²) in [5.41, 5.74) is 9.43. The zero-order chi connectivity index (χ0) is 10.8. The summed E-state index contributed by atoms with van der Waals surface area (Å²) in [6.45, 7) is 3.14. The van der Waals surface area contributed by atoms with E-state index < -0.39 is 0 Å². The lowest BCUT2D eigenvalue weighted by molar-refractivity contribution is 0.766. The van der Waals surface area contributed by atoms with Gasteiger partial charge in [0.1, 0.15) is 0 Å². The number of para-hydroxylation sites is 1. The van der Waals surface area contributed by atoms with Crippen molar-refractivity contribution < 1.29 is 0 Å². The molecule has 0 aliphatic heterocycles. The maximum atomic E-state index is 6.01. The Kier molecular flexibility index (Phi) is 2.91. The molecule has 0 saturated heterocycles. The molecule has 0 atom stereocenters. The first-order chi connectivity index (χ1) is 7.27. The maximum Gasteiger partial charge on any atom is 0.0716 e. The summed E-state index contributed by atoms with van der Waals surface area (Å²) < 4.78 is 2.31. The second kappa shape index (κ2) is 4.19. The second-order valence-electron chi connectivity index (χ2n) is 3.60.